The summed E-state index contributed by atoms with van der Waals surface area (Å²) >= 11 is 0. The summed E-state index contributed by atoms with van der Waals surface area (Å²) in [5.41, 5.74) is 17.4. The van der Waals surface area contributed by atoms with Crippen LogP contribution in [-0.2, 0) is 5.41 Å². The molecule has 0 bridgehead atoms. The van der Waals surface area contributed by atoms with Crippen LogP contribution in [0.25, 0.3) is 77.1 Å². The van der Waals surface area contributed by atoms with Crippen molar-refractivity contribution < 1.29 is 4.42 Å². The molecule has 3 nitrogen and oxygen atoms in total. The lowest BCUT2D eigenvalue weighted by Gasteiger charge is -2.26. The maximum atomic E-state index is 6.58. The van der Waals surface area contributed by atoms with Gasteiger partial charge in [0.05, 0.1) is 5.69 Å². The van der Waals surface area contributed by atoms with Crippen molar-refractivity contribution in [2.75, 3.05) is 4.90 Å². The fourth-order valence-corrected chi connectivity index (χ4v) is 8.85. The first kappa shape index (κ1) is 30.8. The molecular weight excluding hydrogens is 657 g/mol. The average Bonchev–Trinajstić information content (AvgIpc) is 3.86. The Morgan fingerprint density at radius 3 is 1.87 bits per heavy atom. The summed E-state index contributed by atoms with van der Waals surface area (Å²) in [6.07, 6.45) is 0. The fraction of sp³-hybridized carbons (Fsp3) is 0.0588. The minimum Gasteiger partial charge on any atom is -0.454 e. The highest BCUT2D eigenvalue weighted by Crippen LogP contribution is 2.50. The Kier molecular flexibility index (Phi) is 6.60. The van der Waals surface area contributed by atoms with Gasteiger partial charge in [-0.1, -0.05) is 129 Å². The van der Waals surface area contributed by atoms with E-state index in [9.17, 15) is 0 Å². The summed E-state index contributed by atoms with van der Waals surface area (Å²) in [5, 5.41) is 4.73. The molecule has 2 heterocycles. The van der Waals surface area contributed by atoms with Gasteiger partial charge in [-0.2, -0.15) is 0 Å². The van der Waals surface area contributed by atoms with Gasteiger partial charge in [0.25, 0.3) is 0 Å². The van der Waals surface area contributed by atoms with Gasteiger partial charge in [0.15, 0.2) is 5.58 Å². The van der Waals surface area contributed by atoms with Crippen molar-refractivity contribution in [2.24, 2.45) is 0 Å². The second kappa shape index (κ2) is 11.6. The normalized spacial score (nSPS) is 13.1. The first-order chi connectivity index (χ1) is 26.5. The summed E-state index contributed by atoms with van der Waals surface area (Å²) < 4.78 is 6.58. The van der Waals surface area contributed by atoms with Gasteiger partial charge in [-0.15, -0.1) is 0 Å². The third-order valence-corrected chi connectivity index (χ3v) is 11.6. The zero-order chi connectivity index (χ0) is 36.0. The number of anilines is 3. The summed E-state index contributed by atoms with van der Waals surface area (Å²) in [7, 11) is 0. The van der Waals surface area contributed by atoms with Gasteiger partial charge in [-0.25, -0.2) is 0 Å². The van der Waals surface area contributed by atoms with E-state index >= 15 is 0 Å². The van der Waals surface area contributed by atoms with Gasteiger partial charge >= 0.3 is 0 Å². The zero-order valence-electron chi connectivity index (χ0n) is 30.1. The lowest BCUT2D eigenvalue weighted by molar-refractivity contribution is 0.661. The Labute approximate surface area is 313 Å². The molecule has 0 aliphatic heterocycles. The Balaban J connectivity index is 1.02. The molecule has 1 N–H and O–H groups in total. The Morgan fingerprint density at radius 1 is 0.444 bits per heavy atom. The predicted molar refractivity (Wildman–Crippen MR) is 226 cm³/mol. The van der Waals surface area contributed by atoms with Crippen molar-refractivity contribution in [2.45, 2.75) is 19.3 Å². The number of aromatic nitrogens is 1. The molecule has 0 radical (unpaired) electrons. The van der Waals surface area contributed by atoms with Crippen LogP contribution in [0.1, 0.15) is 25.0 Å². The van der Waals surface area contributed by atoms with Crippen LogP contribution in [0.4, 0.5) is 17.1 Å². The van der Waals surface area contributed by atoms with Crippen LogP contribution in [0.3, 0.4) is 0 Å². The molecular formula is C51H36N2O. The number of benzene rings is 8. The van der Waals surface area contributed by atoms with Gasteiger partial charge in [-0.05, 0) is 105 Å². The van der Waals surface area contributed by atoms with E-state index < -0.39 is 0 Å². The second-order valence-corrected chi connectivity index (χ2v) is 15.0. The van der Waals surface area contributed by atoms with Crippen LogP contribution in [0, 0.1) is 0 Å². The number of rotatable bonds is 5. The quantitative estimate of drug-likeness (QED) is 0.195. The largest absolute Gasteiger partial charge is 0.454 e. The molecule has 0 fully saturated rings. The van der Waals surface area contributed by atoms with Crippen molar-refractivity contribution in [3.63, 3.8) is 0 Å². The third-order valence-electron chi connectivity index (χ3n) is 11.6. The van der Waals surface area contributed by atoms with E-state index in [1.165, 1.54) is 60.8 Å². The number of nitrogens with zero attached hydrogens (tertiary/aromatic N) is 1. The standard InChI is InChI=1S/C51H36N2O/c1-51(2)44-16-8-6-13-38(44)41-30-43-42-29-35(23-28-46(42)52-47(43)31-45(41)51)34-21-26-37(27-22-34)53(36-24-19-33(20-25-36)32-11-4-3-5-12-32)48-17-10-15-40-39-14-7-9-18-49(39)54-50(40)48/h3-31,52H,1-2H3. The molecule has 0 amide bonds. The van der Waals surface area contributed by atoms with E-state index in [4.69, 9.17) is 4.42 Å². The van der Waals surface area contributed by atoms with Crippen LogP contribution in [-0.4, -0.2) is 4.98 Å². The average molecular weight is 693 g/mol. The predicted octanol–water partition coefficient (Wildman–Crippen LogP) is 14.3. The lowest BCUT2D eigenvalue weighted by Crippen LogP contribution is -2.14. The van der Waals surface area contributed by atoms with Crippen LogP contribution in [0.5, 0.6) is 0 Å². The maximum absolute atomic E-state index is 6.58. The van der Waals surface area contributed by atoms with Crippen molar-refractivity contribution in [3.8, 4) is 33.4 Å². The highest BCUT2D eigenvalue weighted by Gasteiger charge is 2.35. The molecule has 3 heteroatoms. The summed E-state index contributed by atoms with van der Waals surface area (Å²) in [4.78, 5) is 6.05. The van der Waals surface area contributed by atoms with Crippen LogP contribution in [0.2, 0.25) is 0 Å². The molecule has 2 aromatic heterocycles. The number of furan rings is 1. The van der Waals surface area contributed by atoms with Crippen LogP contribution in [0.15, 0.2) is 180 Å². The van der Waals surface area contributed by atoms with Crippen molar-refractivity contribution in [3.05, 3.63) is 187 Å². The number of H-pyrrole nitrogens is 1. The summed E-state index contributed by atoms with van der Waals surface area (Å²) in [5.74, 6) is 0. The van der Waals surface area contributed by atoms with Gasteiger partial charge in [0.2, 0.25) is 0 Å². The highest BCUT2D eigenvalue weighted by molar-refractivity contribution is 6.12. The Bertz CT molecular complexity index is 3060. The smallest absolute Gasteiger partial charge is 0.159 e. The van der Waals surface area contributed by atoms with E-state index in [-0.39, 0.29) is 5.41 Å². The fourth-order valence-electron chi connectivity index (χ4n) is 8.85. The molecule has 11 rings (SSSR count). The molecule has 1 aliphatic rings. The van der Waals surface area contributed by atoms with E-state index in [1.807, 2.05) is 12.1 Å². The summed E-state index contributed by atoms with van der Waals surface area (Å²) in [6.45, 7) is 4.68. The first-order valence-corrected chi connectivity index (χ1v) is 18.7. The molecule has 0 atom stereocenters. The molecule has 0 saturated heterocycles. The van der Waals surface area contributed by atoms with Gasteiger partial charge in [-0.3, -0.25) is 0 Å². The number of aromatic amines is 1. The number of hydrogen-bond acceptors (Lipinski definition) is 2. The molecule has 10 aromatic rings. The van der Waals surface area contributed by atoms with E-state index in [1.54, 1.807) is 0 Å². The van der Waals surface area contributed by atoms with Gasteiger partial charge in [0.1, 0.15) is 5.58 Å². The van der Waals surface area contributed by atoms with Crippen LogP contribution < -0.4 is 4.90 Å². The molecule has 0 spiro atoms. The number of hydrogen-bond donors (Lipinski definition) is 1. The molecule has 8 aromatic carbocycles. The van der Waals surface area contributed by atoms with Crippen molar-refractivity contribution >= 4 is 60.8 Å². The van der Waals surface area contributed by atoms with Crippen molar-refractivity contribution in [1.82, 2.24) is 4.98 Å². The monoisotopic (exact) mass is 692 g/mol. The second-order valence-electron chi connectivity index (χ2n) is 15.0. The van der Waals surface area contributed by atoms with E-state index in [0.717, 1.165) is 44.5 Å². The molecule has 256 valence electrons. The number of fused-ring (bicyclic) bond motifs is 9. The van der Waals surface area contributed by atoms with Crippen molar-refractivity contribution in [1.29, 1.82) is 0 Å². The van der Waals surface area contributed by atoms with E-state index in [2.05, 4.69) is 188 Å². The topological polar surface area (TPSA) is 32.2 Å². The minimum absolute atomic E-state index is 0.0297. The number of nitrogens with one attached hydrogen (secondary N) is 1. The Hall–Kier alpha value is -6.84. The van der Waals surface area contributed by atoms with Gasteiger partial charge < -0.3 is 14.3 Å². The molecule has 54 heavy (non-hydrogen) atoms. The SMILES string of the molecule is CC1(C)c2ccccc2-c2cc3c(cc21)[nH]c1ccc(-c2ccc(N(c4ccc(-c5ccccc5)cc4)c4cccc5c4oc4ccccc45)cc2)cc13. The summed E-state index contributed by atoms with van der Waals surface area (Å²) in [6, 6.07) is 63.5. The maximum Gasteiger partial charge on any atom is 0.159 e. The Morgan fingerprint density at radius 2 is 1.07 bits per heavy atom. The van der Waals surface area contributed by atoms with Gasteiger partial charge in [0, 0.05) is 49.4 Å². The third kappa shape index (κ3) is 4.61. The minimum atomic E-state index is -0.0297. The highest BCUT2D eigenvalue weighted by atomic mass is 16.3. The molecule has 0 unspecified atom stereocenters. The molecule has 0 saturated carbocycles. The lowest BCUT2D eigenvalue weighted by atomic mass is 9.82. The molecule has 1 aliphatic carbocycles. The van der Waals surface area contributed by atoms with E-state index in [0.29, 0.717) is 0 Å². The van der Waals surface area contributed by atoms with Crippen LogP contribution >= 0.6 is 0 Å². The number of para-hydroxylation sites is 2. The first-order valence-electron chi connectivity index (χ1n) is 18.7. The zero-order valence-corrected chi connectivity index (χ0v) is 30.1.